The number of nitrogens with zero attached hydrogens (tertiary/aromatic N) is 13. The fourth-order valence-corrected chi connectivity index (χ4v) is 7.69. The molecule has 10 N–H and O–H groups in total. The van der Waals surface area contributed by atoms with Gasteiger partial charge in [0.05, 0.1) is 95.7 Å². The number of carboxylic acid groups (broad SMARTS) is 1. The van der Waals surface area contributed by atoms with E-state index in [0.717, 1.165) is 17.9 Å². The predicted molar refractivity (Wildman–Crippen MR) is 279 cm³/mol. The summed E-state index contributed by atoms with van der Waals surface area (Å²) in [6.07, 6.45) is 14.4. The van der Waals surface area contributed by atoms with Crippen LogP contribution in [-0.4, -0.2) is 188 Å². The van der Waals surface area contributed by atoms with E-state index in [9.17, 15) is 14.7 Å². The van der Waals surface area contributed by atoms with Crippen LogP contribution in [0.4, 0.5) is 5.69 Å². The third kappa shape index (κ3) is 19.2. The summed E-state index contributed by atoms with van der Waals surface area (Å²) in [5, 5.41) is 44.9. The van der Waals surface area contributed by atoms with Gasteiger partial charge in [0.2, 0.25) is 5.78 Å². The van der Waals surface area contributed by atoms with Crippen molar-refractivity contribution < 1.29 is 52.8 Å². The molecule has 2 aliphatic carbocycles. The summed E-state index contributed by atoms with van der Waals surface area (Å²) in [6.45, 7) is 10.5. The second-order valence-electron chi connectivity index (χ2n) is 17.2. The average Bonchev–Trinajstić information content (AvgIpc) is 4.20. The number of carbonyl (C=O) groups is 2. The number of likely N-dealkylation sites (N-methyl/N-ethyl adjacent to an activating group) is 1. The molecular formula is C49H70N17O10+. The van der Waals surface area contributed by atoms with E-state index in [-0.39, 0.29) is 61.0 Å². The van der Waals surface area contributed by atoms with Gasteiger partial charge in [0.1, 0.15) is 42.7 Å². The number of anilines is 1. The number of rotatable bonds is 37. The summed E-state index contributed by atoms with van der Waals surface area (Å²) in [5.74, 6) is -1.19. The highest BCUT2D eigenvalue weighted by molar-refractivity contribution is 6.39. The lowest BCUT2D eigenvalue weighted by molar-refractivity contribution is -0.532. The lowest BCUT2D eigenvalue weighted by Gasteiger charge is -2.25. The molecule has 0 saturated heterocycles. The number of carbonyl (C=O) groups excluding carboxylic acids is 1. The number of nitrogens with two attached hydrogens (primary N) is 4. The Morgan fingerprint density at radius 2 is 1.14 bits per heavy atom. The smallest absolute Gasteiger partial charge is 0.329 e. The Morgan fingerprint density at radius 3 is 1.64 bits per heavy atom. The lowest BCUT2D eigenvalue weighted by Crippen LogP contribution is -2.28. The summed E-state index contributed by atoms with van der Waals surface area (Å²) >= 11 is 0. The Labute approximate surface area is 439 Å². The standard InChI is InChI=1S/C49H69N17O10/c1-2-62(17-21-73-34-40-31-66(61-58-40)20-24-71-25-26-72-27-28-76-35-43(67)68)41-9-5-36(6-10-41)44-46(69)45(47(44)70)37-7-11-42(12-8-37)63(18-22-74-32-38-29-64(59-56-38)15-3-13-54-48(50)51)19-23-75-33-39-30-65(60-57-39)16-4-14-55-49(52)53/h5-12,29-31H,2-4,13-28,32-35H2,1H3,(H9-,50,51,52,53,54,55,67,68,69,70)/p+1. The van der Waals surface area contributed by atoms with Crippen molar-refractivity contribution in [3.63, 3.8) is 0 Å². The quantitative estimate of drug-likeness (QED) is 0.0115. The second kappa shape index (κ2) is 31.3. The molecule has 0 amide bonds. The summed E-state index contributed by atoms with van der Waals surface area (Å²) in [4.78, 5) is 34.2. The Balaban J connectivity index is 0.975. The maximum Gasteiger partial charge on any atom is 0.329 e. The van der Waals surface area contributed by atoms with E-state index in [1.807, 2.05) is 67.2 Å². The van der Waals surface area contributed by atoms with E-state index in [0.29, 0.717) is 146 Å². The predicted octanol–water partition coefficient (Wildman–Crippen LogP) is 0.127. The van der Waals surface area contributed by atoms with Crippen molar-refractivity contribution in [2.24, 2.45) is 32.9 Å². The van der Waals surface area contributed by atoms with Gasteiger partial charge in [-0.05, 0) is 55.2 Å². The maximum atomic E-state index is 13.7. The van der Waals surface area contributed by atoms with Gasteiger partial charge in [-0.15, -0.1) is 15.3 Å². The number of aliphatic carboxylic acids is 1. The highest BCUT2D eigenvalue weighted by Crippen LogP contribution is 2.39. The zero-order chi connectivity index (χ0) is 53.9. The van der Waals surface area contributed by atoms with E-state index in [1.54, 1.807) is 14.0 Å². The maximum absolute atomic E-state index is 13.7. The number of aryl methyl sites for hydroxylation is 2. The van der Waals surface area contributed by atoms with Gasteiger partial charge in [-0.1, -0.05) is 27.8 Å². The van der Waals surface area contributed by atoms with Crippen LogP contribution in [0.1, 0.15) is 42.4 Å². The van der Waals surface area contributed by atoms with Gasteiger partial charge in [-0.2, -0.15) is 0 Å². The van der Waals surface area contributed by atoms with Gasteiger partial charge >= 0.3 is 5.97 Å². The number of hydrogen-bond acceptors (Lipinski definition) is 18. The Kier molecular flexibility index (Phi) is 23.7. The Hall–Kier alpha value is -7.69. The van der Waals surface area contributed by atoms with Crippen LogP contribution >= 0.6 is 0 Å². The Morgan fingerprint density at radius 1 is 0.645 bits per heavy atom. The molecule has 0 unspecified atom stereocenters. The molecule has 410 valence electrons. The van der Waals surface area contributed by atoms with Crippen LogP contribution in [-0.2, 0) is 77.5 Å². The molecule has 0 atom stereocenters. The summed E-state index contributed by atoms with van der Waals surface area (Å²) in [5.41, 5.74) is 27.3. The molecule has 3 aromatic heterocycles. The second-order valence-corrected chi connectivity index (χ2v) is 17.2. The highest BCUT2D eigenvalue weighted by atomic mass is 16.5. The third-order valence-electron chi connectivity index (χ3n) is 11.5. The van der Waals surface area contributed by atoms with E-state index in [1.165, 1.54) is 0 Å². The molecular weight excluding hydrogens is 987 g/mol. The van der Waals surface area contributed by atoms with Crippen LogP contribution in [0.15, 0.2) is 94.1 Å². The number of aliphatic imine (C=N–C) groups is 2. The average molecular weight is 1060 g/mol. The number of benzene rings is 1. The summed E-state index contributed by atoms with van der Waals surface area (Å²) < 4.78 is 41.1. The fourth-order valence-electron chi connectivity index (χ4n) is 7.69. The van der Waals surface area contributed by atoms with Gasteiger partial charge < -0.3 is 66.5 Å². The first-order chi connectivity index (χ1) is 37.0. The molecule has 0 radical (unpaired) electrons. The number of aliphatic hydroxyl groups excluding tert-OH is 1. The summed E-state index contributed by atoms with van der Waals surface area (Å²) in [6, 6.07) is 7.56. The van der Waals surface area contributed by atoms with Crippen molar-refractivity contribution in [2.75, 3.05) is 104 Å². The highest BCUT2D eigenvalue weighted by Gasteiger charge is 2.36. The van der Waals surface area contributed by atoms with Crippen LogP contribution in [0.5, 0.6) is 0 Å². The molecule has 0 aliphatic heterocycles. The van der Waals surface area contributed by atoms with Crippen LogP contribution in [0.3, 0.4) is 0 Å². The molecule has 0 spiro atoms. The van der Waals surface area contributed by atoms with E-state index >= 15 is 0 Å². The van der Waals surface area contributed by atoms with Crippen molar-refractivity contribution in [2.45, 2.75) is 59.2 Å². The molecule has 0 fully saturated rings. The van der Waals surface area contributed by atoms with Gasteiger partial charge in [0.25, 0.3) is 0 Å². The van der Waals surface area contributed by atoms with Gasteiger partial charge in [-0.3, -0.25) is 24.1 Å². The SMILES string of the molecule is CCN(CCOCc1cn(CCOCCOCCOCC(=O)O)nn1)c1ccc(C2=C(O)C(=C3C=CC(=[N+](CCOCc4cn(CCCN=C(N)N)nn4)CCOCc4cn(CCCN=C(N)N)nn4)C=C3)C2=O)cc1. The number of Topliss-reactive ketones (excluding diaryl/α,β-unsaturated/α-hetero) is 1. The fraction of sp³-hybridized carbons (Fsp3) is 0.490. The van der Waals surface area contributed by atoms with E-state index in [4.69, 9.17) is 56.5 Å². The number of carboxylic acids is 1. The van der Waals surface area contributed by atoms with Crippen LogP contribution < -0.4 is 27.8 Å². The van der Waals surface area contributed by atoms with Crippen molar-refractivity contribution in [1.82, 2.24) is 45.0 Å². The molecule has 6 rings (SSSR count). The van der Waals surface area contributed by atoms with Crippen LogP contribution in [0, 0.1) is 0 Å². The number of ketones is 1. The van der Waals surface area contributed by atoms with Gasteiger partial charge in [0.15, 0.2) is 30.7 Å². The largest absolute Gasteiger partial charge is 0.506 e. The first-order valence-corrected chi connectivity index (χ1v) is 25.0. The molecule has 4 aromatic rings. The van der Waals surface area contributed by atoms with Crippen molar-refractivity contribution >= 4 is 40.6 Å². The zero-order valence-electron chi connectivity index (χ0n) is 42.9. The van der Waals surface area contributed by atoms with Crippen LogP contribution in [0.25, 0.3) is 5.57 Å². The molecule has 0 bridgehead atoms. The minimum absolute atomic E-state index is 0.0467. The number of aromatic nitrogens is 9. The number of guanidine groups is 2. The lowest BCUT2D eigenvalue weighted by atomic mass is 9.80. The normalized spacial score (nSPS) is 13.2. The molecule has 1 aromatic carbocycles. The van der Waals surface area contributed by atoms with Crippen LogP contribution in [0.2, 0.25) is 0 Å². The molecule has 27 nitrogen and oxygen atoms in total. The minimum Gasteiger partial charge on any atom is -0.506 e. The number of ether oxygens (including phenoxy) is 6. The zero-order valence-corrected chi connectivity index (χ0v) is 42.9. The minimum atomic E-state index is -1.02. The molecule has 2 aliphatic rings. The molecule has 0 saturated carbocycles. The van der Waals surface area contributed by atoms with Crippen molar-refractivity contribution in [3.05, 3.63) is 107 Å². The van der Waals surface area contributed by atoms with Gasteiger partial charge in [-0.25, -0.2) is 14.1 Å². The summed E-state index contributed by atoms with van der Waals surface area (Å²) in [7, 11) is 0. The van der Waals surface area contributed by atoms with Crippen molar-refractivity contribution in [1.29, 1.82) is 0 Å². The van der Waals surface area contributed by atoms with Crippen molar-refractivity contribution in [3.8, 4) is 0 Å². The molecule has 76 heavy (non-hydrogen) atoms. The number of allylic oxidation sites excluding steroid dienone is 7. The molecule has 27 heteroatoms. The van der Waals surface area contributed by atoms with E-state index in [2.05, 4.69) is 57.3 Å². The number of aliphatic hydroxyl groups is 1. The Bertz CT molecular complexity index is 2610. The van der Waals surface area contributed by atoms with E-state index < -0.39 is 5.97 Å². The molecule has 3 heterocycles. The third-order valence-corrected chi connectivity index (χ3v) is 11.5. The first-order valence-electron chi connectivity index (χ1n) is 25.0. The first kappa shape index (κ1) is 57.6. The van der Waals surface area contributed by atoms with Gasteiger partial charge in [0, 0.05) is 57.1 Å². The topological polar surface area (TPSA) is 357 Å². The number of hydrogen-bond donors (Lipinski definition) is 6. The monoisotopic (exact) mass is 1060 g/mol.